The Morgan fingerprint density at radius 3 is 2.64 bits per heavy atom. The molecule has 2 heterocycles. The Morgan fingerprint density at radius 2 is 1.91 bits per heavy atom. The van der Waals surface area contributed by atoms with Gasteiger partial charge in [0.2, 0.25) is 5.91 Å². The first-order valence-corrected chi connectivity index (χ1v) is 8.29. The van der Waals surface area contributed by atoms with Crippen molar-refractivity contribution >= 4 is 11.6 Å². The first-order chi connectivity index (χ1) is 10.5. The predicted octanol–water partition coefficient (Wildman–Crippen LogP) is 3.35. The number of likely N-dealkylation sites (N-methyl/N-ethyl adjacent to an activating group) is 1. The van der Waals surface area contributed by atoms with Crippen LogP contribution in [0.4, 0.5) is 5.69 Å². The molecular weight excluding hydrogens is 272 g/mol. The number of carbonyl (C=O) groups excluding carboxylic acids is 1. The number of amides is 1. The van der Waals surface area contributed by atoms with Crippen molar-refractivity contribution < 1.29 is 4.79 Å². The van der Waals surface area contributed by atoms with E-state index in [2.05, 4.69) is 24.5 Å². The Labute approximate surface area is 133 Å². The lowest BCUT2D eigenvalue weighted by molar-refractivity contribution is -0.122. The number of nitrogens with zero attached hydrogens (tertiary/aromatic N) is 2. The van der Waals surface area contributed by atoms with Crippen LogP contribution in [0, 0.1) is 0 Å². The van der Waals surface area contributed by atoms with Crippen molar-refractivity contribution in [3.8, 4) is 0 Å². The van der Waals surface area contributed by atoms with Crippen LogP contribution in [0.3, 0.4) is 0 Å². The van der Waals surface area contributed by atoms with E-state index in [1.807, 2.05) is 25.2 Å². The van der Waals surface area contributed by atoms with Crippen molar-refractivity contribution in [2.24, 2.45) is 0 Å². The minimum atomic E-state index is -0.460. The van der Waals surface area contributed by atoms with Crippen molar-refractivity contribution in [1.29, 1.82) is 0 Å². The van der Waals surface area contributed by atoms with Gasteiger partial charge < -0.3 is 4.90 Å². The molecule has 0 saturated carbocycles. The average Bonchev–Trinajstić information content (AvgIpc) is 2.71. The zero-order chi connectivity index (χ0) is 15.7. The van der Waals surface area contributed by atoms with Crippen LogP contribution in [0.5, 0.6) is 0 Å². The summed E-state index contributed by atoms with van der Waals surface area (Å²) >= 11 is 0. The number of rotatable bonds is 4. The number of hydrogen-bond acceptors (Lipinski definition) is 2. The van der Waals surface area contributed by atoms with Gasteiger partial charge in [-0.05, 0) is 50.9 Å². The molecule has 1 amide bonds. The molecule has 3 nitrogen and oxygen atoms in total. The van der Waals surface area contributed by atoms with Crippen LogP contribution in [0.2, 0.25) is 0 Å². The van der Waals surface area contributed by atoms with Gasteiger partial charge >= 0.3 is 0 Å². The number of piperidine rings is 1. The van der Waals surface area contributed by atoms with E-state index in [1.165, 1.54) is 37.9 Å². The molecule has 118 valence electrons. The van der Waals surface area contributed by atoms with Crippen LogP contribution in [0.1, 0.15) is 38.2 Å². The summed E-state index contributed by atoms with van der Waals surface area (Å²) < 4.78 is 0. The van der Waals surface area contributed by atoms with E-state index in [-0.39, 0.29) is 5.91 Å². The molecule has 22 heavy (non-hydrogen) atoms. The summed E-state index contributed by atoms with van der Waals surface area (Å²) in [6, 6.07) is 8.14. The number of hydrogen-bond donors (Lipinski definition) is 0. The Morgan fingerprint density at radius 1 is 1.23 bits per heavy atom. The minimum absolute atomic E-state index is 0.188. The largest absolute Gasteiger partial charge is 0.314 e. The van der Waals surface area contributed by atoms with Gasteiger partial charge in [0.25, 0.3) is 0 Å². The van der Waals surface area contributed by atoms with E-state index in [0.717, 1.165) is 24.2 Å². The van der Waals surface area contributed by atoms with Crippen molar-refractivity contribution in [2.75, 3.05) is 31.6 Å². The van der Waals surface area contributed by atoms with Gasteiger partial charge in [-0.1, -0.05) is 36.8 Å². The Balaban J connectivity index is 1.75. The molecule has 3 heteroatoms. The van der Waals surface area contributed by atoms with E-state index >= 15 is 0 Å². The lowest BCUT2D eigenvalue weighted by Crippen LogP contribution is -2.38. The molecule has 0 bridgehead atoms. The van der Waals surface area contributed by atoms with Gasteiger partial charge in [-0.3, -0.25) is 9.69 Å². The average molecular weight is 298 g/mol. The number of benzene rings is 1. The van der Waals surface area contributed by atoms with Crippen molar-refractivity contribution in [3.05, 3.63) is 42.0 Å². The summed E-state index contributed by atoms with van der Waals surface area (Å²) in [7, 11) is 1.87. The molecule has 1 atom stereocenters. The molecule has 1 aromatic carbocycles. The van der Waals surface area contributed by atoms with E-state index in [0.29, 0.717) is 0 Å². The molecule has 2 aliphatic rings. The minimum Gasteiger partial charge on any atom is -0.314 e. The van der Waals surface area contributed by atoms with Gasteiger partial charge in [0.05, 0.1) is 5.41 Å². The smallest absolute Gasteiger partial charge is 0.237 e. The quantitative estimate of drug-likeness (QED) is 0.796. The zero-order valence-corrected chi connectivity index (χ0v) is 13.8. The van der Waals surface area contributed by atoms with Crippen molar-refractivity contribution in [3.63, 3.8) is 0 Å². The second-order valence-electron chi connectivity index (χ2n) is 6.98. The molecule has 0 aromatic heterocycles. The molecule has 3 rings (SSSR count). The van der Waals surface area contributed by atoms with Gasteiger partial charge in [0, 0.05) is 19.3 Å². The lowest BCUT2D eigenvalue weighted by Gasteiger charge is -2.30. The third-order valence-corrected chi connectivity index (χ3v) is 5.14. The van der Waals surface area contributed by atoms with E-state index < -0.39 is 5.41 Å². The van der Waals surface area contributed by atoms with Gasteiger partial charge in [-0.2, -0.15) is 0 Å². The zero-order valence-electron chi connectivity index (χ0n) is 13.8. The monoisotopic (exact) mass is 298 g/mol. The molecule has 1 saturated heterocycles. The van der Waals surface area contributed by atoms with Crippen LogP contribution in [0.25, 0.3) is 0 Å². The highest BCUT2D eigenvalue weighted by Crippen LogP contribution is 2.44. The van der Waals surface area contributed by atoms with Crippen LogP contribution in [-0.4, -0.2) is 37.5 Å². The SMILES string of the molecule is C=C(CN1CCCCC1)CC1(C)C(=O)N(C)c2ccccc21. The maximum Gasteiger partial charge on any atom is 0.237 e. The fourth-order valence-electron chi connectivity index (χ4n) is 3.99. The molecule has 1 fully saturated rings. The number of anilines is 1. The second kappa shape index (κ2) is 5.88. The predicted molar refractivity (Wildman–Crippen MR) is 91.3 cm³/mol. The maximum atomic E-state index is 12.8. The van der Waals surface area contributed by atoms with Crippen LogP contribution >= 0.6 is 0 Å². The lowest BCUT2D eigenvalue weighted by atomic mass is 9.78. The fourth-order valence-corrected chi connectivity index (χ4v) is 3.99. The van der Waals surface area contributed by atoms with Crippen LogP contribution in [-0.2, 0) is 10.2 Å². The maximum absolute atomic E-state index is 12.8. The number of para-hydroxylation sites is 1. The highest BCUT2D eigenvalue weighted by atomic mass is 16.2. The van der Waals surface area contributed by atoms with E-state index in [1.54, 1.807) is 4.90 Å². The number of carbonyl (C=O) groups is 1. The Hall–Kier alpha value is -1.61. The van der Waals surface area contributed by atoms with Gasteiger partial charge in [-0.25, -0.2) is 0 Å². The first kappa shape index (κ1) is 15.3. The summed E-state index contributed by atoms with van der Waals surface area (Å²) in [5.41, 5.74) is 2.89. The molecule has 1 aromatic rings. The van der Waals surface area contributed by atoms with Crippen LogP contribution in [0.15, 0.2) is 36.4 Å². The normalized spacial score (nSPS) is 25.4. The summed E-state index contributed by atoms with van der Waals surface area (Å²) in [4.78, 5) is 17.1. The van der Waals surface area contributed by atoms with E-state index in [4.69, 9.17) is 0 Å². The topological polar surface area (TPSA) is 23.6 Å². The molecule has 0 aliphatic carbocycles. The third kappa shape index (κ3) is 2.58. The highest BCUT2D eigenvalue weighted by Gasteiger charge is 2.45. The van der Waals surface area contributed by atoms with Gasteiger partial charge in [-0.15, -0.1) is 0 Å². The van der Waals surface area contributed by atoms with E-state index in [9.17, 15) is 4.79 Å². The highest BCUT2D eigenvalue weighted by molar-refractivity contribution is 6.07. The summed E-state index contributed by atoms with van der Waals surface area (Å²) in [5, 5.41) is 0. The second-order valence-corrected chi connectivity index (χ2v) is 6.98. The molecule has 2 aliphatic heterocycles. The molecule has 1 unspecified atom stereocenters. The third-order valence-electron chi connectivity index (χ3n) is 5.14. The fraction of sp³-hybridized carbons (Fsp3) is 0.526. The number of fused-ring (bicyclic) bond motifs is 1. The molecular formula is C19H26N2O. The van der Waals surface area contributed by atoms with Crippen molar-refractivity contribution in [1.82, 2.24) is 4.90 Å². The van der Waals surface area contributed by atoms with Crippen molar-refractivity contribution in [2.45, 2.75) is 38.0 Å². The van der Waals surface area contributed by atoms with Gasteiger partial charge in [0.15, 0.2) is 0 Å². The summed E-state index contributed by atoms with van der Waals surface area (Å²) in [5.74, 6) is 0.188. The summed E-state index contributed by atoms with van der Waals surface area (Å²) in [6.07, 6.45) is 4.66. The Bertz CT molecular complexity index is 589. The van der Waals surface area contributed by atoms with Crippen LogP contribution < -0.4 is 4.90 Å². The standard InChI is InChI=1S/C19H26N2O/c1-15(14-21-11-7-4-8-12-21)13-19(2)16-9-5-6-10-17(16)20(3)18(19)22/h5-6,9-10H,1,4,7-8,11-14H2,2-3H3. The summed E-state index contributed by atoms with van der Waals surface area (Å²) in [6.45, 7) is 9.61. The number of likely N-dealkylation sites (tertiary alicyclic amines) is 1. The van der Waals surface area contributed by atoms with Gasteiger partial charge in [0.1, 0.15) is 0 Å². The molecule has 0 spiro atoms. The molecule has 0 N–H and O–H groups in total. The Kier molecular flexibility index (Phi) is 4.09. The first-order valence-electron chi connectivity index (χ1n) is 8.29. The molecule has 0 radical (unpaired) electrons.